The molecule has 0 spiro atoms. The number of rotatable bonds is 4. The van der Waals surface area contributed by atoms with Crippen LogP contribution in [0.4, 0.5) is 10.5 Å². The lowest BCUT2D eigenvalue weighted by Gasteiger charge is -2.24. The van der Waals surface area contributed by atoms with E-state index in [0.717, 1.165) is 22.6 Å². The largest absolute Gasteiger partial charge is 0.497 e. The van der Waals surface area contributed by atoms with Crippen molar-refractivity contribution in [2.45, 2.75) is 32.7 Å². The van der Waals surface area contributed by atoms with Gasteiger partial charge in [-0.1, -0.05) is 45.0 Å². The fraction of sp³-hybridized carbons (Fsp3) is 0.316. The predicted molar refractivity (Wildman–Crippen MR) is 94.0 cm³/mol. The van der Waals surface area contributed by atoms with E-state index >= 15 is 0 Å². The van der Waals surface area contributed by atoms with Crippen LogP contribution in [0.5, 0.6) is 5.75 Å². The van der Waals surface area contributed by atoms with Crippen molar-refractivity contribution in [3.8, 4) is 5.75 Å². The molecule has 0 unspecified atom stereocenters. The minimum absolute atomic E-state index is 0.0263. The summed E-state index contributed by atoms with van der Waals surface area (Å²) in [5.74, 6) is 0.826. The first-order chi connectivity index (χ1) is 10.9. The highest BCUT2D eigenvalue weighted by atomic mass is 16.5. The van der Waals surface area contributed by atoms with Gasteiger partial charge in [0.25, 0.3) is 0 Å². The van der Waals surface area contributed by atoms with E-state index in [2.05, 4.69) is 31.4 Å². The maximum absolute atomic E-state index is 12.0. The van der Waals surface area contributed by atoms with Crippen molar-refractivity contribution in [3.05, 3.63) is 59.7 Å². The molecule has 2 rings (SSSR count). The molecule has 0 heterocycles. The Bertz CT molecular complexity index is 661. The van der Waals surface area contributed by atoms with E-state index in [-0.39, 0.29) is 11.4 Å². The zero-order valence-corrected chi connectivity index (χ0v) is 14.1. The Kier molecular flexibility index (Phi) is 5.27. The summed E-state index contributed by atoms with van der Waals surface area (Å²) in [6.07, 6.45) is 0. The normalized spacial score (nSPS) is 11.0. The number of carbonyl (C=O) groups excluding carboxylic acids is 1. The highest BCUT2D eigenvalue weighted by Gasteiger charge is 2.19. The lowest BCUT2D eigenvalue weighted by molar-refractivity contribution is 0.251. The lowest BCUT2D eigenvalue weighted by atomic mass is 9.83. The number of ether oxygens (including phenoxy) is 1. The first kappa shape index (κ1) is 16.9. The van der Waals surface area contributed by atoms with Gasteiger partial charge in [0.2, 0.25) is 0 Å². The number of amides is 2. The first-order valence-electron chi connectivity index (χ1n) is 7.67. The minimum Gasteiger partial charge on any atom is -0.497 e. The fourth-order valence-corrected chi connectivity index (χ4v) is 2.41. The summed E-state index contributed by atoms with van der Waals surface area (Å²) < 4.78 is 5.31. The van der Waals surface area contributed by atoms with Crippen molar-refractivity contribution in [1.82, 2.24) is 5.32 Å². The summed E-state index contributed by atoms with van der Waals surface area (Å²) in [6.45, 7) is 6.91. The van der Waals surface area contributed by atoms with Gasteiger partial charge in [0.05, 0.1) is 7.11 Å². The van der Waals surface area contributed by atoms with Gasteiger partial charge in [0, 0.05) is 12.2 Å². The van der Waals surface area contributed by atoms with Crippen molar-refractivity contribution in [2.75, 3.05) is 12.4 Å². The van der Waals surface area contributed by atoms with Crippen molar-refractivity contribution in [2.24, 2.45) is 0 Å². The average molecular weight is 312 g/mol. The topological polar surface area (TPSA) is 50.4 Å². The molecule has 0 aliphatic rings. The van der Waals surface area contributed by atoms with Gasteiger partial charge >= 0.3 is 6.03 Å². The molecule has 0 saturated carbocycles. The molecule has 4 nitrogen and oxygen atoms in total. The Hall–Kier alpha value is -2.49. The Morgan fingerprint density at radius 1 is 1.09 bits per heavy atom. The maximum Gasteiger partial charge on any atom is 0.319 e. The van der Waals surface area contributed by atoms with Gasteiger partial charge in [-0.2, -0.15) is 0 Å². The number of anilines is 1. The van der Waals surface area contributed by atoms with Gasteiger partial charge in [-0.15, -0.1) is 0 Å². The van der Waals surface area contributed by atoms with E-state index in [1.165, 1.54) is 0 Å². The van der Waals surface area contributed by atoms with Crippen LogP contribution >= 0.6 is 0 Å². The number of para-hydroxylation sites is 1. The minimum atomic E-state index is -0.216. The second-order valence-corrected chi connectivity index (χ2v) is 6.45. The predicted octanol–water partition coefficient (Wildman–Crippen LogP) is 4.31. The molecule has 2 aromatic rings. The zero-order valence-electron chi connectivity index (χ0n) is 14.1. The molecule has 2 amide bonds. The highest BCUT2D eigenvalue weighted by molar-refractivity contribution is 5.89. The summed E-state index contributed by atoms with van der Waals surface area (Å²) in [5.41, 5.74) is 3.00. The van der Waals surface area contributed by atoms with E-state index in [1.807, 2.05) is 48.5 Å². The molecule has 0 aromatic heterocycles. The van der Waals surface area contributed by atoms with E-state index in [1.54, 1.807) is 7.11 Å². The first-order valence-corrected chi connectivity index (χ1v) is 7.67. The van der Waals surface area contributed by atoms with Crippen LogP contribution in [0.3, 0.4) is 0 Å². The number of nitrogens with one attached hydrogen (secondary N) is 2. The van der Waals surface area contributed by atoms with Crippen LogP contribution in [-0.2, 0) is 12.0 Å². The van der Waals surface area contributed by atoms with Crippen LogP contribution in [0.2, 0.25) is 0 Å². The molecule has 122 valence electrons. The molecule has 2 N–H and O–H groups in total. The summed E-state index contributed by atoms with van der Waals surface area (Å²) in [6, 6.07) is 15.1. The summed E-state index contributed by atoms with van der Waals surface area (Å²) >= 11 is 0. The number of urea groups is 1. The van der Waals surface area contributed by atoms with Crippen molar-refractivity contribution < 1.29 is 9.53 Å². The highest BCUT2D eigenvalue weighted by Crippen LogP contribution is 2.29. The van der Waals surface area contributed by atoms with Crippen molar-refractivity contribution >= 4 is 11.7 Å². The second-order valence-electron chi connectivity index (χ2n) is 6.45. The molecule has 0 saturated heterocycles. The molecule has 0 aliphatic carbocycles. The Morgan fingerprint density at radius 3 is 2.39 bits per heavy atom. The number of benzene rings is 2. The third-order valence-electron chi connectivity index (χ3n) is 3.60. The Balaban J connectivity index is 2.06. The molecular weight excluding hydrogens is 288 g/mol. The third kappa shape index (κ3) is 4.74. The van der Waals surface area contributed by atoms with Crippen LogP contribution in [0, 0.1) is 0 Å². The number of carbonyl (C=O) groups is 1. The maximum atomic E-state index is 12.0. The monoisotopic (exact) mass is 312 g/mol. The van der Waals surface area contributed by atoms with Gasteiger partial charge in [-0.25, -0.2) is 4.79 Å². The van der Waals surface area contributed by atoms with Crippen LogP contribution < -0.4 is 15.4 Å². The molecular formula is C19H24N2O2. The van der Waals surface area contributed by atoms with Crippen molar-refractivity contribution in [1.29, 1.82) is 0 Å². The molecule has 0 radical (unpaired) electrons. The Morgan fingerprint density at radius 2 is 1.78 bits per heavy atom. The number of hydrogen-bond donors (Lipinski definition) is 2. The summed E-state index contributed by atoms with van der Waals surface area (Å²) in [7, 11) is 1.66. The average Bonchev–Trinajstić information content (AvgIpc) is 2.53. The van der Waals surface area contributed by atoms with Crippen LogP contribution in [-0.4, -0.2) is 13.1 Å². The van der Waals surface area contributed by atoms with Gasteiger partial charge in [0.15, 0.2) is 0 Å². The summed E-state index contributed by atoms with van der Waals surface area (Å²) in [5, 5.41) is 5.72. The van der Waals surface area contributed by atoms with E-state index in [4.69, 9.17) is 4.74 Å². The lowest BCUT2D eigenvalue weighted by Crippen LogP contribution is -2.29. The molecule has 0 bridgehead atoms. The van der Waals surface area contributed by atoms with Crippen LogP contribution in [0.25, 0.3) is 0 Å². The second kappa shape index (κ2) is 7.18. The van der Waals surface area contributed by atoms with Gasteiger partial charge in [0.1, 0.15) is 5.75 Å². The third-order valence-corrected chi connectivity index (χ3v) is 3.60. The molecule has 0 fully saturated rings. The Labute approximate surface area is 137 Å². The quantitative estimate of drug-likeness (QED) is 0.883. The molecule has 0 aliphatic heterocycles. The van der Waals surface area contributed by atoms with Crippen molar-refractivity contribution in [3.63, 3.8) is 0 Å². The van der Waals surface area contributed by atoms with Crippen LogP contribution in [0.1, 0.15) is 31.9 Å². The van der Waals surface area contributed by atoms with Gasteiger partial charge in [-0.3, -0.25) is 0 Å². The zero-order chi connectivity index (χ0) is 16.9. The molecule has 23 heavy (non-hydrogen) atoms. The smallest absolute Gasteiger partial charge is 0.319 e. The molecule has 4 heteroatoms. The SMILES string of the molecule is COc1ccc(CNC(=O)Nc2ccccc2)c(C(C)(C)C)c1. The number of methoxy groups -OCH3 is 1. The van der Waals surface area contributed by atoms with E-state index < -0.39 is 0 Å². The fourth-order valence-electron chi connectivity index (χ4n) is 2.41. The standard InChI is InChI=1S/C19H24N2O2/c1-19(2,3)17-12-16(23-4)11-10-14(17)13-20-18(22)21-15-8-6-5-7-9-15/h5-12H,13H2,1-4H3,(H2,20,21,22). The van der Waals surface area contributed by atoms with E-state index in [0.29, 0.717) is 6.54 Å². The molecule has 2 aromatic carbocycles. The summed E-state index contributed by atoms with van der Waals surface area (Å²) in [4.78, 5) is 12.0. The number of hydrogen-bond acceptors (Lipinski definition) is 2. The van der Waals surface area contributed by atoms with Gasteiger partial charge in [-0.05, 0) is 40.8 Å². The molecule has 0 atom stereocenters. The van der Waals surface area contributed by atoms with E-state index in [9.17, 15) is 4.79 Å². The van der Waals surface area contributed by atoms with Gasteiger partial charge < -0.3 is 15.4 Å². The van der Waals surface area contributed by atoms with Crippen LogP contribution in [0.15, 0.2) is 48.5 Å².